The molecule has 1 aromatic heterocycles. The van der Waals surface area contributed by atoms with Crippen LogP contribution in [0.2, 0.25) is 0 Å². The van der Waals surface area contributed by atoms with Crippen LogP contribution in [0.25, 0.3) is 0 Å². The van der Waals surface area contributed by atoms with Crippen LogP contribution in [0.1, 0.15) is 29.4 Å². The first-order chi connectivity index (χ1) is 7.84. The van der Waals surface area contributed by atoms with Crippen LogP contribution in [0.4, 0.5) is 0 Å². The van der Waals surface area contributed by atoms with Crippen molar-refractivity contribution in [2.75, 3.05) is 18.8 Å². The Labute approximate surface area is 98.2 Å². The van der Waals surface area contributed by atoms with E-state index in [-0.39, 0.29) is 5.56 Å². The lowest BCUT2D eigenvalue weighted by Crippen LogP contribution is -2.24. The summed E-state index contributed by atoms with van der Waals surface area (Å²) in [6.07, 6.45) is 1.94. The van der Waals surface area contributed by atoms with Crippen molar-refractivity contribution in [3.63, 3.8) is 0 Å². The average molecular weight is 237 g/mol. The molecule has 0 spiro atoms. The van der Waals surface area contributed by atoms with Gasteiger partial charge in [0, 0.05) is 23.8 Å². The highest BCUT2D eigenvalue weighted by atomic mass is 32.2. The second kappa shape index (κ2) is 4.22. The molecule has 0 bridgehead atoms. The van der Waals surface area contributed by atoms with Gasteiger partial charge < -0.3 is 10.3 Å². The minimum Gasteiger partial charge on any atom is -0.316 e. The molecular weight excluding hydrogens is 222 g/mol. The first-order valence-corrected chi connectivity index (χ1v) is 6.90. The fraction of sp³-hybridized carbons (Fsp3) is 0.636. The van der Waals surface area contributed by atoms with E-state index in [0.29, 0.717) is 5.92 Å². The number of thioether (sulfide) groups is 1. The van der Waals surface area contributed by atoms with E-state index < -0.39 is 0 Å². The molecule has 2 aliphatic heterocycles. The Kier molecular flexibility index (Phi) is 2.73. The van der Waals surface area contributed by atoms with E-state index in [1.54, 1.807) is 0 Å². The number of rotatable bonds is 1. The smallest absolute Gasteiger partial charge is 0.254 e. The number of aromatic amines is 1. The normalized spacial score (nSPS) is 24.4. The quantitative estimate of drug-likeness (QED) is 0.752. The molecular formula is C11H15N3OS. The summed E-state index contributed by atoms with van der Waals surface area (Å²) >= 11 is 1.87. The van der Waals surface area contributed by atoms with Crippen LogP contribution < -0.4 is 10.9 Å². The van der Waals surface area contributed by atoms with Gasteiger partial charge in [-0.25, -0.2) is 4.98 Å². The molecule has 2 aliphatic rings. The molecule has 4 nitrogen and oxygen atoms in total. The van der Waals surface area contributed by atoms with Crippen molar-refractivity contribution < 1.29 is 0 Å². The molecule has 1 saturated heterocycles. The third-order valence-electron chi connectivity index (χ3n) is 3.30. The lowest BCUT2D eigenvalue weighted by molar-refractivity contribution is 0.685. The van der Waals surface area contributed by atoms with Crippen LogP contribution in [-0.2, 0) is 12.2 Å². The van der Waals surface area contributed by atoms with E-state index in [1.165, 1.54) is 0 Å². The maximum atomic E-state index is 11.9. The van der Waals surface area contributed by atoms with Gasteiger partial charge in [0.25, 0.3) is 5.56 Å². The van der Waals surface area contributed by atoms with E-state index in [1.807, 2.05) is 11.8 Å². The summed E-state index contributed by atoms with van der Waals surface area (Å²) < 4.78 is 0. The second-order valence-electron chi connectivity index (χ2n) is 4.37. The molecule has 0 aliphatic carbocycles. The van der Waals surface area contributed by atoms with E-state index in [0.717, 1.165) is 54.5 Å². The van der Waals surface area contributed by atoms with Gasteiger partial charge in [-0.05, 0) is 25.1 Å². The predicted octanol–water partition coefficient (Wildman–Crippen LogP) is 0.636. The first-order valence-electron chi connectivity index (χ1n) is 5.75. The maximum absolute atomic E-state index is 11.9. The van der Waals surface area contributed by atoms with Crippen LogP contribution in [0, 0.1) is 0 Å². The van der Waals surface area contributed by atoms with Crippen molar-refractivity contribution in [3.05, 3.63) is 27.4 Å². The molecule has 0 amide bonds. The molecule has 16 heavy (non-hydrogen) atoms. The summed E-state index contributed by atoms with van der Waals surface area (Å²) in [6.45, 7) is 1.97. The largest absolute Gasteiger partial charge is 0.316 e. The highest BCUT2D eigenvalue weighted by Gasteiger charge is 2.22. The summed E-state index contributed by atoms with van der Waals surface area (Å²) in [7, 11) is 0. The van der Waals surface area contributed by atoms with Crippen molar-refractivity contribution in [3.8, 4) is 0 Å². The number of nitrogens with one attached hydrogen (secondary N) is 2. The van der Waals surface area contributed by atoms with Gasteiger partial charge in [-0.3, -0.25) is 4.79 Å². The van der Waals surface area contributed by atoms with Gasteiger partial charge in [0.2, 0.25) is 0 Å². The third-order valence-corrected chi connectivity index (χ3v) is 4.27. The van der Waals surface area contributed by atoms with Gasteiger partial charge in [0.15, 0.2) is 0 Å². The third kappa shape index (κ3) is 1.78. The van der Waals surface area contributed by atoms with Gasteiger partial charge >= 0.3 is 0 Å². The average Bonchev–Trinajstić information content (AvgIpc) is 2.82. The Morgan fingerprint density at radius 3 is 3.19 bits per heavy atom. The number of H-pyrrole nitrogens is 1. The van der Waals surface area contributed by atoms with Crippen LogP contribution in [0.5, 0.6) is 0 Å². The summed E-state index contributed by atoms with van der Waals surface area (Å²) in [6, 6.07) is 0. The van der Waals surface area contributed by atoms with E-state index in [9.17, 15) is 4.79 Å². The number of aromatic nitrogens is 2. The van der Waals surface area contributed by atoms with Crippen molar-refractivity contribution in [2.45, 2.75) is 24.5 Å². The first kappa shape index (κ1) is 10.4. The molecule has 86 valence electrons. The molecule has 0 aromatic carbocycles. The van der Waals surface area contributed by atoms with Crippen molar-refractivity contribution in [2.24, 2.45) is 0 Å². The number of nitrogens with zero attached hydrogens (tertiary/aromatic N) is 1. The number of fused-ring (bicyclic) bond motifs is 1. The van der Waals surface area contributed by atoms with Crippen molar-refractivity contribution >= 4 is 11.8 Å². The van der Waals surface area contributed by atoms with Crippen LogP contribution >= 0.6 is 11.8 Å². The summed E-state index contributed by atoms with van der Waals surface area (Å²) in [4.78, 5) is 19.5. The SMILES string of the molecule is O=c1[nH]c(C2CCNC2)nc2c1CCSC2. The highest BCUT2D eigenvalue weighted by Crippen LogP contribution is 2.23. The van der Waals surface area contributed by atoms with Gasteiger partial charge in [-0.15, -0.1) is 0 Å². The Morgan fingerprint density at radius 2 is 2.38 bits per heavy atom. The summed E-state index contributed by atoms with van der Waals surface area (Å²) in [5.41, 5.74) is 2.02. The molecule has 1 aromatic rings. The Morgan fingerprint density at radius 1 is 1.44 bits per heavy atom. The number of hydrogen-bond donors (Lipinski definition) is 2. The lowest BCUT2D eigenvalue weighted by Gasteiger charge is -2.16. The van der Waals surface area contributed by atoms with E-state index in [2.05, 4.69) is 15.3 Å². The van der Waals surface area contributed by atoms with Crippen molar-refractivity contribution in [1.82, 2.24) is 15.3 Å². The fourth-order valence-corrected chi connectivity index (χ4v) is 3.29. The molecule has 0 saturated carbocycles. The molecule has 2 N–H and O–H groups in total. The van der Waals surface area contributed by atoms with E-state index in [4.69, 9.17) is 0 Å². The molecule has 1 fully saturated rings. The number of hydrogen-bond acceptors (Lipinski definition) is 4. The van der Waals surface area contributed by atoms with Crippen LogP contribution in [0.3, 0.4) is 0 Å². The molecule has 1 atom stereocenters. The zero-order chi connectivity index (χ0) is 11.0. The van der Waals surface area contributed by atoms with Crippen molar-refractivity contribution in [1.29, 1.82) is 0 Å². The van der Waals surface area contributed by atoms with Gasteiger partial charge in [0.05, 0.1) is 5.69 Å². The molecule has 3 rings (SSSR count). The molecule has 3 heterocycles. The zero-order valence-electron chi connectivity index (χ0n) is 9.08. The summed E-state index contributed by atoms with van der Waals surface area (Å²) in [5.74, 6) is 3.22. The van der Waals surface area contributed by atoms with E-state index >= 15 is 0 Å². The van der Waals surface area contributed by atoms with Gasteiger partial charge in [-0.1, -0.05) is 0 Å². The van der Waals surface area contributed by atoms with Crippen LogP contribution in [-0.4, -0.2) is 28.8 Å². The standard InChI is InChI=1S/C11H15N3OS/c15-11-8-2-4-16-6-9(8)13-10(14-11)7-1-3-12-5-7/h7,12H,1-6H2,(H,13,14,15). The molecule has 1 unspecified atom stereocenters. The Balaban J connectivity index is 2.01. The highest BCUT2D eigenvalue weighted by molar-refractivity contribution is 7.98. The fourth-order valence-electron chi connectivity index (χ4n) is 2.37. The summed E-state index contributed by atoms with van der Waals surface area (Å²) in [5, 5.41) is 3.30. The topological polar surface area (TPSA) is 57.8 Å². The lowest BCUT2D eigenvalue weighted by atomic mass is 10.1. The Bertz CT molecular complexity index is 451. The van der Waals surface area contributed by atoms with Crippen LogP contribution in [0.15, 0.2) is 4.79 Å². The molecule has 5 heteroatoms. The maximum Gasteiger partial charge on any atom is 0.254 e. The van der Waals surface area contributed by atoms with Gasteiger partial charge in [0.1, 0.15) is 5.82 Å². The monoisotopic (exact) mass is 237 g/mol. The minimum absolute atomic E-state index is 0.0900. The minimum atomic E-state index is 0.0900. The second-order valence-corrected chi connectivity index (χ2v) is 5.47. The van der Waals surface area contributed by atoms with Gasteiger partial charge in [-0.2, -0.15) is 11.8 Å². The predicted molar refractivity (Wildman–Crippen MR) is 65.0 cm³/mol. The molecule has 0 radical (unpaired) electrons. The Hall–Kier alpha value is -0.810. The zero-order valence-corrected chi connectivity index (χ0v) is 9.90.